The van der Waals surface area contributed by atoms with Gasteiger partial charge in [-0.2, -0.15) is 4.98 Å². The largest absolute Gasteiger partial charge is 0.492 e. The number of benzene rings is 1. The van der Waals surface area contributed by atoms with Crippen molar-refractivity contribution in [3.8, 4) is 5.88 Å². The number of imidazole rings is 1. The molecule has 3 heterocycles. The molecule has 0 saturated heterocycles. The number of hydrogen-bond acceptors (Lipinski definition) is 6. The Morgan fingerprint density at radius 1 is 1.24 bits per heavy atom. The van der Waals surface area contributed by atoms with Crippen molar-refractivity contribution in [3.63, 3.8) is 0 Å². The number of H-pyrrole nitrogens is 1. The first-order valence-corrected chi connectivity index (χ1v) is 7.77. The van der Waals surface area contributed by atoms with Crippen LogP contribution in [-0.2, 0) is 6.54 Å². The molecule has 3 aromatic rings. The summed E-state index contributed by atoms with van der Waals surface area (Å²) in [5.74, 6) is 1.03. The highest BCUT2D eigenvalue weighted by Gasteiger charge is 2.16. The van der Waals surface area contributed by atoms with E-state index in [2.05, 4.69) is 25.3 Å². The van der Waals surface area contributed by atoms with Gasteiger partial charge in [0, 0.05) is 23.9 Å². The maximum Gasteiger partial charge on any atom is 0.238 e. The Morgan fingerprint density at radius 3 is 2.92 bits per heavy atom. The molecule has 0 radical (unpaired) electrons. The molecule has 7 heteroatoms. The summed E-state index contributed by atoms with van der Waals surface area (Å²) < 4.78 is 0. The van der Waals surface area contributed by atoms with Gasteiger partial charge in [-0.3, -0.25) is 0 Å². The van der Waals surface area contributed by atoms with Crippen LogP contribution < -0.4 is 11.1 Å². The van der Waals surface area contributed by atoms with Gasteiger partial charge >= 0.3 is 0 Å². The molecule has 1 aromatic carbocycles. The lowest BCUT2D eigenvalue weighted by Crippen LogP contribution is -2.00. The summed E-state index contributed by atoms with van der Waals surface area (Å²) in [5.41, 5.74) is 9.60. The van der Waals surface area contributed by atoms with Crippen molar-refractivity contribution in [3.05, 3.63) is 59.4 Å². The summed E-state index contributed by atoms with van der Waals surface area (Å²) in [4.78, 5) is 15.6. The second-order valence-corrected chi connectivity index (χ2v) is 5.66. The first-order chi connectivity index (χ1) is 12.2. The summed E-state index contributed by atoms with van der Waals surface area (Å²) in [5, 5.41) is 13.2. The van der Waals surface area contributed by atoms with Crippen LogP contribution >= 0.6 is 0 Å². The van der Waals surface area contributed by atoms with E-state index in [1.165, 1.54) is 0 Å². The average molecular weight is 332 g/mol. The smallest absolute Gasteiger partial charge is 0.238 e. The lowest BCUT2D eigenvalue weighted by molar-refractivity contribution is 0.455. The standard InChI is InChI=1S/C18H16N6O/c19-13-7-14-12(9-20-16(14)21-10-13)6-15-17(25)24-18(23-15)22-8-11-4-2-1-3-5-11/h1-7,9-10,25H,8,19H2,(H2,22,23,24). The van der Waals surface area contributed by atoms with Crippen molar-refractivity contribution in [2.24, 2.45) is 4.99 Å². The number of aromatic nitrogens is 3. The summed E-state index contributed by atoms with van der Waals surface area (Å²) in [6.45, 7) is 0.606. The normalized spacial score (nSPS) is 14.0. The quantitative estimate of drug-likeness (QED) is 0.587. The highest BCUT2D eigenvalue weighted by Crippen LogP contribution is 2.33. The van der Waals surface area contributed by atoms with E-state index in [4.69, 9.17) is 5.73 Å². The van der Waals surface area contributed by atoms with Gasteiger partial charge in [0.05, 0.1) is 11.9 Å². The van der Waals surface area contributed by atoms with Crippen LogP contribution in [0.4, 0.5) is 17.5 Å². The Balaban J connectivity index is 1.56. The zero-order valence-corrected chi connectivity index (χ0v) is 13.3. The monoisotopic (exact) mass is 332 g/mol. The maximum absolute atomic E-state index is 10.1. The highest BCUT2D eigenvalue weighted by atomic mass is 16.3. The first-order valence-electron chi connectivity index (χ1n) is 7.77. The molecular formula is C18H16N6O. The average Bonchev–Trinajstić information content (AvgIpc) is 3.18. The molecule has 5 N–H and O–H groups in total. The number of nitrogen functional groups attached to an aromatic ring is 1. The molecule has 4 rings (SSSR count). The summed E-state index contributed by atoms with van der Waals surface area (Å²) in [6.07, 6.45) is 5.03. The molecule has 2 aromatic heterocycles. The molecule has 0 saturated carbocycles. The Morgan fingerprint density at radius 2 is 2.08 bits per heavy atom. The van der Waals surface area contributed by atoms with Crippen molar-refractivity contribution in [2.45, 2.75) is 6.54 Å². The fourth-order valence-electron chi connectivity index (χ4n) is 2.60. The second-order valence-electron chi connectivity index (χ2n) is 5.66. The Labute approximate surface area is 144 Å². The number of fused-ring (bicyclic) bond motifs is 1. The molecule has 124 valence electrons. The third-order valence-electron chi connectivity index (χ3n) is 3.84. The summed E-state index contributed by atoms with van der Waals surface area (Å²) in [7, 11) is 0. The van der Waals surface area contributed by atoms with Gasteiger partial charge in [0.1, 0.15) is 5.69 Å². The topological polar surface area (TPSA) is 112 Å². The van der Waals surface area contributed by atoms with Crippen LogP contribution in [0.3, 0.4) is 0 Å². The lowest BCUT2D eigenvalue weighted by atomic mass is 10.1. The third-order valence-corrected chi connectivity index (χ3v) is 3.84. The zero-order chi connectivity index (χ0) is 17.2. The number of nitrogens with one attached hydrogen (secondary N) is 2. The second kappa shape index (κ2) is 6.12. The molecule has 1 aliphatic rings. The van der Waals surface area contributed by atoms with E-state index in [1.807, 2.05) is 36.4 Å². The third kappa shape index (κ3) is 3.07. The Kier molecular flexibility index (Phi) is 3.66. The van der Waals surface area contributed by atoms with Crippen LogP contribution in [0.2, 0.25) is 0 Å². The molecule has 0 aliphatic carbocycles. The molecule has 0 atom stereocenters. The van der Waals surface area contributed by atoms with Crippen LogP contribution in [0.1, 0.15) is 16.8 Å². The van der Waals surface area contributed by atoms with Gasteiger partial charge < -0.3 is 21.1 Å². The van der Waals surface area contributed by atoms with E-state index < -0.39 is 0 Å². The number of pyridine rings is 1. The van der Waals surface area contributed by atoms with E-state index in [9.17, 15) is 5.11 Å². The Hall–Kier alpha value is -3.61. The minimum Gasteiger partial charge on any atom is -0.492 e. The molecule has 1 aliphatic heterocycles. The highest BCUT2D eigenvalue weighted by molar-refractivity contribution is 6.21. The van der Waals surface area contributed by atoms with Crippen LogP contribution in [-0.4, -0.2) is 26.3 Å². The number of aromatic amines is 1. The van der Waals surface area contributed by atoms with Gasteiger partial charge in [0.25, 0.3) is 0 Å². The van der Waals surface area contributed by atoms with Gasteiger partial charge in [-0.15, -0.1) is 0 Å². The zero-order valence-electron chi connectivity index (χ0n) is 13.3. The predicted molar refractivity (Wildman–Crippen MR) is 98.7 cm³/mol. The van der Waals surface area contributed by atoms with Gasteiger partial charge in [-0.1, -0.05) is 30.3 Å². The predicted octanol–water partition coefficient (Wildman–Crippen LogP) is 2.96. The molecule has 0 unspecified atom stereocenters. The minimum atomic E-state index is -0.0817. The SMILES string of the molecule is Nc1cnc2c(c1)C(=Cc1[nH]c(NCc3ccccc3)nc1O)C=N2. The maximum atomic E-state index is 10.1. The molecule has 0 bridgehead atoms. The fraction of sp³-hybridized carbons (Fsp3) is 0.0556. The number of nitrogens with two attached hydrogens (primary N) is 1. The fourth-order valence-corrected chi connectivity index (χ4v) is 2.60. The van der Waals surface area contributed by atoms with Crippen molar-refractivity contribution in [1.82, 2.24) is 15.0 Å². The number of aliphatic imine (C=N–C) groups is 1. The number of rotatable bonds is 4. The van der Waals surface area contributed by atoms with E-state index in [0.717, 1.165) is 16.7 Å². The van der Waals surface area contributed by atoms with Crippen LogP contribution in [0.15, 0.2) is 47.6 Å². The van der Waals surface area contributed by atoms with Crippen LogP contribution in [0.25, 0.3) is 11.6 Å². The van der Waals surface area contributed by atoms with Crippen molar-refractivity contribution in [1.29, 1.82) is 0 Å². The number of hydrogen-bond donors (Lipinski definition) is 4. The van der Waals surface area contributed by atoms with E-state index >= 15 is 0 Å². The van der Waals surface area contributed by atoms with E-state index in [-0.39, 0.29) is 5.88 Å². The van der Waals surface area contributed by atoms with Gasteiger partial charge in [-0.05, 0) is 17.7 Å². The lowest BCUT2D eigenvalue weighted by Gasteiger charge is -2.02. The minimum absolute atomic E-state index is 0.0817. The van der Waals surface area contributed by atoms with Crippen molar-refractivity contribution >= 4 is 35.3 Å². The molecule has 0 spiro atoms. The summed E-state index contributed by atoms with van der Waals surface area (Å²) in [6, 6.07) is 11.8. The number of nitrogens with zero attached hydrogens (tertiary/aromatic N) is 3. The number of allylic oxidation sites excluding steroid dienone is 1. The molecule has 0 amide bonds. The van der Waals surface area contributed by atoms with Crippen LogP contribution in [0.5, 0.6) is 5.88 Å². The molecule has 25 heavy (non-hydrogen) atoms. The first kappa shape index (κ1) is 14.9. The van der Waals surface area contributed by atoms with Gasteiger partial charge in [-0.25, -0.2) is 9.98 Å². The van der Waals surface area contributed by atoms with Crippen molar-refractivity contribution < 1.29 is 5.11 Å². The number of aromatic hydroxyl groups is 1. The van der Waals surface area contributed by atoms with Crippen molar-refractivity contribution in [2.75, 3.05) is 11.1 Å². The van der Waals surface area contributed by atoms with Crippen LogP contribution in [0, 0.1) is 0 Å². The Bertz CT molecular complexity index is 974. The number of anilines is 2. The molecular weight excluding hydrogens is 316 g/mol. The summed E-state index contributed by atoms with van der Waals surface area (Å²) >= 11 is 0. The van der Waals surface area contributed by atoms with Gasteiger partial charge in [0.2, 0.25) is 11.8 Å². The van der Waals surface area contributed by atoms with E-state index in [0.29, 0.717) is 29.7 Å². The molecule has 0 fully saturated rings. The van der Waals surface area contributed by atoms with E-state index in [1.54, 1.807) is 18.5 Å². The molecule has 7 nitrogen and oxygen atoms in total. The van der Waals surface area contributed by atoms with Gasteiger partial charge in [0.15, 0.2) is 5.82 Å².